The highest BCUT2D eigenvalue weighted by Crippen LogP contribution is 2.54. The molecule has 1 saturated heterocycles. The van der Waals surface area contributed by atoms with Gasteiger partial charge in [-0.15, -0.1) is 0 Å². The molecule has 1 aromatic heterocycles. The highest BCUT2D eigenvalue weighted by Gasteiger charge is 2.61. The number of benzene rings is 1. The molecule has 3 atom stereocenters. The van der Waals surface area contributed by atoms with Crippen LogP contribution in [-0.4, -0.2) is 41.6 Å². The molecule has 0 spiro atoms. The first-order valence-electron chi connectivity index (χ1n) is 9.42. The van der Waals surface area contributed by atoms with Crippen molar-refractivity contribution in [2.45, 2.75) is 51.7 Å². The topological polar surface area (TPSA) is 45.3 Å². The Morgan fingerprint density at radius 3 is 3.00 bits per heavy atom. The van der Waals surface area contributed by atoms with Crippen molar-refractivity contribution < 1.29 is 9.53 Å². The summed E-state index contributed by atoms with van der Waals surface area (Å²) in [4.78, 5) is 18.0. The van der Waals surface area contributed by atoms with Crippen LogP contribution in [0, 0.1) is 11.3 Å². The van der Waals surface area contributed by atoms with Crippen LogP contribution < -0.4 is 0 Å². The van der Waals surface area contributed by atoms with E-state index in [1.165, 1.54) is 16.5 Å². The average molecular weight is 340 g/mol. The van der Waals surface area contributed by atoms with E-state index in [4.69, 9.17) is 4.74 Å². The van der Waals surface area contributed by atoms with Gasteiger partial charge in [-0.05, 0) is 30.9 Å². The molecule has 2 fully saturated rings. The van der Waals surface area contributed by atoms with Gasteiger partial charge in [-0.3, -0.25) is 4.79 Å². The molecule has 2 heterocycles. The van der Waals surface area contributed by atoms with Gasteiger partial charge in [0, 0.05) is 54.5 Å². The van der Waals surface area contributed by atoms with Crippen LogP contribution in [0.1, 0.15) is 38.7 Å². The van der Waals surface area contributed by atoms with Gasteiger partial charge in [0.1, 0.15) is 0 Å². The van der Waals surface area contributed by atoms with Gasteiger partial charge >= 0.3 is 0 Å². The molecule has 2 aromatic rings. The fourth-order valence-corrected chi connectivity index (χ4v) is 5.18. The number of carbonyl (C=O) groups is 1. The summed E-state index contributed by atoms with van der Waals surface area (Å²) in [5.74, 6) is 0.792. The number of para-hydroxylation sites is 1. The van der Waals surface area contributed by atoms with Gasteiger partial charge in [0.2, 0.25) is 5.91 Å². The van der Waals surface area contributed by atoms with Gasteiger partial charge in [0.25, 0.3) is 0 Å². The summed E-state index contributed by atoms with van der Waals surface area (Å²) in [5, 5.41) is 1.27. The zero-order valence-corrected chi connectivity index (χ0v) is 15.4. The Labute approximate surface area is 149 Å². The van der Waals surface area contributed by atoms with Crippen LogP contribution in [0.3, 0.4) is 0 Å². The van der Waals surface area contributed by atoms with E-state index >= 15 is 0 Å². The Kier molecular flexibility index (Phi) is 4.11. The number of hydrogen-bond acceptors (Lipinski definition) is 2. The van der Waals surface area contributed by atoms with Crippen LogP contribution in [-0.2, 0) is 16.0 Å². The maximum atomic E-state index is 12.7. The predicted octanol–water partition coefficient (Wildman–Crippen LogP) is 3.76. The van der Waals surface area contributed by atoms with E-state index in [2.05, 4.69) is 43.2 Å². The number of carbonyl (C=O) groups excluding carboxylic acids is 1. The number of aromatic amines is 1. The van der Waals surface area contributed by atoms with E-state index in [0.717, 1.165) is 25.9 Å². The molecule has 4 rings (SSSR count). The number of nitrogens with one attached hydrogen (secondary N) is 1. The lowest BCUT2D eigenvalue weighted by atomic mass is 9.57. The molecule has 1 N–H and O–H groups in total. The SMILES string of the molecule is CN(C(=O)CCCc1c[nH]c2ccccc12)[C@@H]1[C@H]2CCO[C@H]2C1(C)C. The summed E-state index contributed by atoms with van der Waals surface area (Å²) in [5.41, 5.74) is 2.55. The second kappa shape index (κ2) is 6.17. The Balaban J connectivity index is 1.34. The molecule has 1 aliphatic carbocycles. The first-order chi connectivity index (χ1) is 12.0. The van der Waals surface area contributed by atoms with E-state index < -0.39 is 0 Å². The largest absolute Gasteiger partial charge is 0.377 e. The third-order valence-corrected chi connectivity index (χ3v) is 6.36. The number of aryl methyl sites for hydroxylation is 1. The van der Waals surface area contributed by atoms with Crippen molar-refractivity contribution in [3.8, 4) is 0 Å². The fourth-order valence-electron chi connectivity index (χ4n) is 5.18. The summed E-state index contributed by atoms with van der Waals surface area (Å²) in [6.07, 6.45) is 5.94. The molecular weight excluding hydrogens is 312 g/mol. The second-order valence-electron chi connectivity index (χ2n) is 8.23. The first kappa shape index (κ1) is 16.6. The summed E-state index contributed by atoms with van der Waals surface area (Å²) in [6.45, 7) is 5.32. The number of rotatable bonds is 5. The fraction of sp³-hybridized carbons (Fsp3) is 0.571. The number of fused-ring (bicyclic) bond motifs is 2. The molecule has 4 nitrogen and oxygen atoms in total. The third-order valence-electron chi connectivity index (χ3n) is 6.36. The van der Waals surface area contributed by atoms with Crippen molar-refractivity contribution in [2.75, 3.05) is 13.7 Å². The van der Waals surface area contributed by atoms with Gasteiger partial charge in [0.05, 0.1) is 6.10 Å². The minimum absolute atomic E-state index is 0.0718. The van der Waals surface area contributed by atoms with Crippen molar-refractivity contribution in [1.82, 2.24) is 9.88 Å². The number of ether oxygens (including phenoxy) is 1. The molecular formula is C21H28N2O2. The predicted molar refractivity (Wildman–Crippen MR) is 99.4 cm³/mol. The molecule has 2 aliphatic rings. The minimum atomic E-state index is 0.0718. The number of H-pyrrole nitrogens is 1. The lowest BCUT2D eigenvalue weighted by molar-refractivity contribution is -0.167. The number of hydrogen-bond donors (Lipinski definition) is 1. The molecule has 1 aliphatic heterocycles. The van der Waals surface area contributed by atoms with Crippen LogP contribution in [0.2, 0.25) is 0 Å². The van der Waals surface area contributed by atoms with E-state index in [0.29, 0.717) is 24.5 Å². The lowest BCUT2D eigenvalue weighted by Gasteiger charge is -2.57. The highest BCUT2D eigenvalue weighted by molar-refractivity contribution is 5.83. The van der Waals surface area contributed by atoms with Crippen LogP contribution in [0.15, 0.2) is 30.5 Å². The first-order valence-corrected chi connectivity index (χ1v) is 9.42. The number of aromatic nitrogens is 1. The van der Waals surface area contributed by atoms with E-state index in [1.54, 1.807) is 0 Å². The monoisotopic (exact) mass is 340 g/mol. The van der Waals surface area contributed by atoms with Gasteiger partial charge < -0.3 is 14.6 Å². The standard InChI is InChI=1S/C21H28N2O2/c1-21(2)19(16-11-12-25-20(16)21)23(3)18(24)10-6-7-14-13-22-17-9-5-4-8-15(14)17/h4-5,8-9,13,16,19-20,22H,6-7,10-12H2,1-3H3/t16-,19-,20-/m1/s1. The third kappa shape index (κ3) is 2.67. The lowest BCUT2D eigenvalue weighted by Crippen LogP contribution is -2.66. The Bertz CT molecular complexity index is 779. The maximum absolute atomic E-state index is 12.7. The highest BCUT2D eigenvalue weighted by atomic mass is 16.5. The Hall–Kier alpha value is -1.81. The molecule has 1 aromatic carbocycles. The molecule has 4 heteroatoms. The average Bonchev–Trinajstić information content (AvgIpc) is 3.20. The second-order valence-corrected chi connectivity index (χ2v) is 8.23. The Morgan fingerprint density at radius 1 is 1.36 bits per heavy atom. The Morgan fingerprint density at radius 2 is 2.16 bits per heavy atom. The van der Waals surface area contributed by atoms with Gasteiger partial charge in [-0.25, -0.2) is 0 Å². The van der Waals surface area contributed by atoms with Crippen LogP contribution >= 0.6 is 0 Å². The van der Waals surface area contributed by atoms with E-state index in [-0.39, 0.29) is 11.3 Å². The maximum Gasteiger partial charge on any atom is 0.222 e. The quantitative estimate of drug-likeness (QED) is 0.901. The van der Waals surface area contributed by atoms with Crippen molar-refractivity contribution in [3.05, 3.63) is 36.0 Å². The molecule has 1 saturated carbocycles. The number of nitrogens with zero attached hydrogens (tertiary/aromatic N) is 1. The molecule has 25 heavy (non-hydrogen) atoms. The molecule has 0 bridgehead atoms. The van der Waals surface area contributed by atoms with Crippen LogP contribution in [0.5, 0.6) is 0 Å². The smallest absolute Gasteiger partial charge is 0.222 e. The zero-order chi connectivity index (χ0) is 17.6. The summed E-state index contributed by atoms with van der Waals surface area (Å²) < 4.78 is 5.86. The minimum Gasteiger partial charge on any atom is -0.377 e. The van der Waals surface area contributed by atoms with Crippen molar-refractivity contribution in [1.29, 1.82) is 0 Å². The molecule has 1 amide bonds. The summed E-state index contributed by atoms with van der Waals surface area (Å²) >= 11 is 0. The van der Waals surface area contributed by atoms with Gasteiger partial charge in [0.15, 0.2) is 0 Å². The van der Waals surface area contributed by atoms with Crippen molar-refractivity contribution >= 4 is 16.8 Å². The molecule has 134 valence electrons. The number of amides is 1. The summed E-state index contributed by atoms with van der Waals surface area (Å²) in [7, 11) is 1.98. The van der Waals surface area contributed by atoms with Gasteiger partial charge in [-0.1, -0.05) is 32.0 Å². The van der Waals surface area contributed by atoms with E-state index in [9.17, 15) is 4.79 Å². The van der Waals surface area contributed by atoms with Crippen LogP contribution in [0.4, 0.5) is 0 Å². The summed E-state index contributed by atoms with van der Waals surface area (Å²) in [6, 6.07) is 8.67. The molecule has 0 unspecified atom stereocenters. The normalized spacial score (nSPS) is 27.1. The zero-order valence-electron chi connectivity index (χ0n) is 15.4. The van der Waals surface area contributed by atoms with Gasteiger partial charge in [-0.2, -0.15) is 0 Å². The van der Waals surface area contributed by atoms with Crippen LogP contribution in [0.25, 0.3) is 10.9 Å². The van der Waals surface area contributed by atoms with E-state index in [1.807, 2.05) is 18.0 Å². The molecule has 0 radical (unpaired) electrons. The van der Waals surface area contributed by atoms with Crippen molar-refractivity contribution in [3.63, 3.8) is 0 Å². The van der Waals surface area contributed by atoms with Crippen molar-refractivity contribution in [2.24, 2.45) is 11.3 Å².